The molecule has 2 aromatic carbocycles. The normalized spacial score (nSPS) is 13.3. The van der Waals surface area contributed by atoms with Crippen LogP contribution in [-0.2, 0) is 13.1 Å². The molecular weight excluding hydrogens is 345 g/mol. The molecule has 1 aliphatic rings. The second-order valence-electron chi connectivity index (χ2n) is 4.64. The molecule has 102 valence electrons. The highest BCUT2D eigenvalue weighted by atomic mass is 79.9. The van der Waals surface area contributed by atoms with E-state index in [-0.39, 0.29) is 16.4 Å². The van der Waals surface area contributed by atoms with Crippen molar-refractivity contribution < 1.29 is 9.18 Å². The number of nitrogens with one attached hydrogen (secondary N) is 1. The molecule has 2 nitrogen and oxygen atoms in total. The lowest BCUT2D eigenvalue weighted by Gasteiger charge is -2.07. The Morgan fingerprint density at radius 2 is 1.95 bits per heavy atom. The summed E-state index contributed by atoms with van der Waals surface area (Å²) in [7, 11) is 0. The number of fused-ring (bicyclic) bond motifs is 1. The Morgan fingerprint density at radius 1 is 1.20 bits per heavy atom. The van der Waals surface area contributed by atoms with E-state index in [1.165, 1.54) is 11.6 Å². The van der Waals surface area contributed by atoms with Gasteiger partial charge >= 0.3 is 0 Å². The summed E-state index contributed by atoms with van der Waals surface area (Å²) >= 11 is 8.96. The summed E-state index contributed by atoms with van der Waals surface area (Å²) in [4.78, 5) is 12.4. The Morgan fingerprint density at radius 3 is 2.75 bits per heavy atom. The van der Waals surface area contributed by atoms with Crippen LogP contribution in [0.25, 0.3) is 0 Å². The van der Waals surface area contributed by atoms with Gasteiger partial charge in [-0.25, -0.2) is 4.39 Å². The van der Waals surface area contributed by atoms with Crippen LogP contribution in [0, 0.1) is 5.82 Å². The van der Waals surface area contributed by atoms with Gasteiger partial charge in [-0.2, -0.15) is 0 Å². The predicted octanol–water partition coefficient (Wildman–Crippen LogP) is 4.08. The van der Waals surface area contributed by atoms with Gasteiger partial charge in [-0.3, -0.25) is 4.79 Å². The van der Waals surface area contributed by atoms with Gasteiger partial charge < -0.3 is 5.32 Å². The smallest absolute Gasteiger partial charge is 0.196 e. The molecule has 0 saturated carbocycles. The van der Waals surface area contributed by atoms with Gasteiger partial charge in [-0.1, -0.05) is 23.7 Å². The molecule has 0 bridgehead atoms. The zero-order chi connectivity index (χ0) is 14.3. The maximum atomic E-state index is 14.1. The van der Waals surface area contributed by atoms with Crippen LogP contribution >= 0.6 is 27.5 Å². The third kappa shape index (κ3) is 2.28. The predicted molar refractivity (Wildman–Crippen MR) is 79.5 cm³/mol. The van der Waals surface area contributed by atoms with Crippen LogP contribution in [0.2, 0.25) is 5.02 Å². The number of hydrogen-bond acceptors (Lipinski definition) is 2. The van der Waals surface area contributed by atoms with Gasteiger partial charge in [0.1, 0.15) is 0 Å². The third-order valence-corrected chi connectivity index (χ3v) is 4.64. The molecule has 1 aliphatic heterocycles. The first-order valence-corrected chi connectivity index (χ1v) is 7.25. The van der Waals surface area contributed by atoms with E-state index in [1.54, 1.807) is 12.1 Å². The summed E-state index contributed by atoms with van der Waals surface area (Å²) in [6.45, 7) is 1.54. The van der Waals surface area contributed by atoms with E-state index in [4.69, 9.17) is 11.6 Å². The van der Waals surface area contributed by atoms with Gasteiger partial charge in [-0.15, -0.1) is 0 Å². The first-order chi connectivity index (χ1) is 9.58. The SMILES string of the molecule is O=C(c1ccc2c(c1)CNC2)c1ccc(Br)c(Cl)c1F. The number of hydrogen-bond donors (Lipinski definition) is 1. The van der Waals surface area contributed by atoms with Crippen LogP contribution in [0.4, 0.5) is 4.39 Å². The molecule has 2 aromatic rings. The molecule has 0 spiro atoms. The molecule has 0 atom stereocenters. The number of carbonyl (C=O) groups is 1. The lowest BCUT2D eigenvalue weighted by Crippen LogP contribution is -2.06. The number of halogens is 3. The second-order valence-corrected chi connectivity index (χ2v) is 5.87. The van der Waals surface area contributed by atoms with Crippen LogP contribution in [0.3, 0.4) is 0 Å². The molecule has 0 aromatic heterocycles. The zero-order valence-corrected chi connectivity index (χ0v) is 12.7. The van der Waals surface area contributed by atoms with Gasteiger partial charge in [0.15, 0.2) is 11.6 Å². The van der Waals surface area contributed by atoms with E-state index in [0.717, 1.165) is 18.7 Å². The summed E-state index contributed by atoms with van der Waals surface area (Å²) in [5, 5.41) is 3.14. The van der Waals surface area contributed by atoms with Gasteiger partial charge in [0.2, 0.25) is 0 Å². The Hall–Kier alpha value is -1.23. The number of rotatable bonds is 2. The molecule has 0 fully saturated rings. The lowest BCUT2D eigenvalue weighted by atomic mass is 9.99. The van der Waals surface area contributed by atoms with E-state index in [0.29, 0.717) is 10.0 Å². The van der Waals surface area contributed by atoms with Crippen LogP contribution in [-0.4, -0.2) is 5.78 Å². The molecule has 1 N–H and O–H groups in total. The maximum absolute atomic E-state index is 14.1. The summed E-state index contributed by atoms with van der Waals surface area (Å²) in [5.41, 5.74) is 2.73. The van der Waals surface area contributed by atoms with E-state index >= 15 is 0 Å². The zero-order valence-electron chi connectivity index (χ0n) is 10.3. The monoisotopic (exact) mass is 353 g/mol. The second kappa shape index (κ2) is 5.28. The molecule has 20 heavy (non-hydrogen) atoms. The summed E-state index contributed by atoms with van der Waals surface area (Å²) in [6, 6.07) is 8.46. The van der Waals surface area contributed by atoms with Crippen molar-refractivity contribution in [1.29, 1.82) is 0 Å². The molecular formula is C15H10BrClFNO. The quantitative estimate of drug-likeness (QED) is 0.650. The average Bonchev–Trinajstić information content (AvgIpc) is 2.91. The van der Waals surface area contributed by atoms with Crippen molar-refractivity contribution in [3.8, 4) is 0 Å². The largest absolute Gasteiger partial charge is 0.309 e. The van der Waals surface area contributed by atoms with Crippen molar-refractivity contribution in [2.75, 3.05) is 0 Å². The van der Waals surface area contributed by atoms with Crippen molar-refractivity contribution in [3.05, 3.63) is 67.9 Å². The fourth-order valence-corrected chi connectivity index (χ4v) is 2.76. The third-order valence-electron chi connectivity index (χ3n) is 3.38. The Labute approximate surface area is 129 Å². The van der Waals surface area contributed by atoms with Gasteiger partial charge in [0, 0.05) is 23.1 Å². The van der Waals surface area contributed by atoms with Crippen molar-refractivity contribution >= 4 is 33.3 Å². The van der Waals surface area contributed by atoms with Crippen molar-refractivity contribution in [2.24, 2.45) is 0 Å². The van der Waals surface area contributed by atoms with Gasteiger partial charge in [0.25, 0.3) is 0 Å². The van der Waals surface area contributed by atoms with E-state index in [1.807, 2.05) is 12.1 Å². The van der Waals surface area contributed by atoms with Crippen LogP contribution in [0.15, 0.2) is 34.8 Å². The summed E-state index contributed by atoms with van der Waals surface area (Å²) < 4.78 is 14.5. The Balaban J connectivity index is 2.03. The van der Waals surface area contributed by atoms with E-state index < -0.39 is 5.82 Å². The molecule has 0 aliphatic carbocycles. The van der Waals surface area contributed by atoms with Gasteiger partial charge in [0.05, 0.1) is 10.6 Å². The first kappa shape index (κ1) is 13.7. The van der Waals surface area contributed by atoms with Crippen molar-refractivity contribution in [3.63, 3.8) is 0 Å². The van der Waals surface area contributed by atoms with E-state index in [2.05, 4.69) is 21.2 Å². The van der Waals surface area contributed by atoms with Crippen LogP contribution in [0.5, 0.6) is 0 Å². The minimum atomic E-state index is -0.690. The fourth-order valence-electron chi connectivity index (χ4n) is 2.29. The van der Waals surface area contributed by atoms with E-state index in [9.17, 15) is 9.18 Å². The number of carbonyl (C=O) groups excluding carboxylic acids is 1. The number of ketones is 1. The minimum absolute atomic E-state index is 0.0101. The molecule has 0 saturated heterocycles. The Kier molecular flexibility index (Phi) is 3.63. The number of benzene rings is 2. The first-order valence-electron chi connectivity index (χ1n) is 6.08. The van der Waals surface area contributed by atoms with Crippen LogP contribution in [0.1, 0.15) is 27.0 Å². The highest BCUT2D eigenvalue weighted by molar-refractivity contribution is 9.10. The minimum Gasteiger partial charge on any atom is -0.309 e. The average molecular weight is 355 g/mol. The van der Waals surface area contributed by atoms with Crippen molar-refractivity contribution in [2.45, 2.75) is 13.1 Å². The standard InChI is InChI=1S/C15H10BrClFNO/c16-12-4-3-11(14(18)13(12)17)15(20)8-1-2-9-6-19-7-10(9)5-8/h1-5,19H,6-7H2. The molecule has 0 radical (unpaired) electrons. The summed E-state index contributed by atoms with van der Waals surface area (Å²) in [6.07, 6.45) is 0. The fraction of sp³-hybridized carbons (Fsp3) is 0.133. The lowest BCUT2D eigenvalue weighted by molar-refractivity contribution is 0.103. The van der Waals surface area contributed by atoms with Gasteiger partial charge in [-0.05, 0) is 45.3 Å². The van der Waals surface area contributed by atoms with Crippen molar-refractivity contribution in [1.82, 2.24) is 5.32 Å². The molecule has 3 rings (SSSR count). The Bertz CT molecular complexity index is 717. The maximum Gasteiger partial charge on any atom is 0.196 e. The molecule has 0 unspecified atom stereocenters. The highest BCUT2D eigenvalue weighted by Gasteiger charge is 2.19. The van der Waals surface area contributed by atoms with Crippen LogP contribution < -0.4 is 5.32 Å². The molecule has 5 heteroatoms. The molecule has 0 amide bonds. The topological polar surface area (TPSA) is 29.1 Å². The highest BCUT2D eigenvalue weighted by Crippen LogP contribution is 2.29. The summed E-state index contributed by atoms with van der Waals surface area (Å²) in [5.74, 6) is -1.05. The molecule has 1 heterocycles.